The Morgan fingerprint density at radius 2 is 2.33 bits per heavy atom. The normalized spacial score (nSPS) is 9.40. The van der Waals surface area contributed by atoms with Gasteiger partial charge in [0.1, 0.15) is 6.54 Å². The minimum Gasteiger partial charge on any atom is -0.332 e. The summed E-state index contributed by atoms with van der Waals surface area (Å²) in [6, 6.07) is 9.07. The van der Waals surface area contributed by atoms with Crippen molar-refractivity contribution in [1.82, 2.24) is 4.90 Å². The van der Waals surface area contributed by atoms with Gasteiger partial charge in [0, 0.05) is 12.1 Å². The second kappa shape index (κ2) is 5.38. The number of hydrogen-bond donors (Lipinski definition) is 0. The molecule has 0 aliphatic heterocycles. The van der Waals surface area contributed by atoms with Gasteiger partial charge in [-0.1, -0.05) is 23.7 Å². The summed E-state index contributed by atoms with van der Waals surface area (Å²) in [4.78, 5) is 12.9. The van der Waals surface area contributed by atoms with Crippen molar-refractivity contribution in [2.75, 3.05) is 13.6 Å². The molecule has 0 fully saturated rings. The molecule has 1 aromatic rings. The Morgan fingerprint density at radius 3 is 2.93 bits per heavy atom. The van der Waals surface area contributed by atoms with Crippen molar-refractivity contribution in [3.05, 3.63) is 34.9 Å². The first kappa shape index (κ1) is 11.5. The number of benzene rings is 1. The van der Waals surface area contributed by atoms with Crippen LogP contribution in [0, 0.1) is 11.3 Å². The highest BCUT2D eigenvalue weighted by Gasteiger charge is 2.08. The third-order valence-corrected chi connectivity index (χ3v) is 2.21. The van der Waals surface area contributed by atoms with Gasteiger partial charge in [-0.05, 0) is 17.7 Å². The Kier molecular flexibility index (Phi) is 4.14. The Balaban J connectivity index is 2.63. The summed E-state index contributed by atoms with van der Waals surface area (Å²) >= 11 is 5.79. The minimum absolute atomic E-state index is 0.0844. The highest BCUT2D eigenvalue weighted by molar-refractivity contribution is 6.30. The van der Waals surface area contributed by atoms with Gasteiger partial charge in [-0.2, -0.15) is 5.26 Å². The van der Waals surface area contributed by atoms with E-state index in [-0.39, 0.29) is 18.9 Å². The van der Waals surface area contributed by atoms with Crippen molar-refractivity contribution in [2.45, 2.75) is 6.42 Å². The van der Waals surface area contributed by atoms with E-state index in [0.29, 0.717) is 5.02 Å². The molecule has 0 aromatic heterocycles. The van der Waals surface area contributed by atoms with Crippen LogP contribution in [0.3, 0.4) is 0 Å². The molecule has 0 saturated carbocycles. The van der Waals surface area contributed by atoms with E-state index < -0.39 is 0 Å². The van der Waals surface area contributed by atoms with Crippen LogP contribution in [0.1, 0.15) is 5.56 Å². The summed E-state index contributed by atoms with van der Waals surface area (Å²) in [5.41, 5.74) is 0.859. The van der Waals surface area contributed by atoms with Crippen LogP contribution < -0.4 is 0 Å². The smallest absolute Gasteiger partial charge is 0.227 e. The molecule has 0 unspecified atom stereocenters. The lowest BCUT2D eigenvalue weighted by Gasteiger charge is -2.12. The first-order valence-electron chi connectivity index (χ1n) is 4.49. The largest absolute Gasteiger partial charge is 0.332 e. The highest BCUT2D eigenvalue weighted by Crippen LogP contribution is 2.11. The number of likely N-dealkylation sites (N-methyl/N-ethyl adjacent to an activating group) is 1. The van der Waals surface area contributed by atoms with Crippen molar-refractivity contribution in [3.63, 3.8) is 0 Å². The third kappa shape index (κ3) is 3.61. The monoisotopic (exact) mass is 222 g/mol. The number of amides is 1. The second-order valence-electron chi connectivity index (χ2n) is 3.21. The van der Waals surface area contributed by atoms with Gasteiger partial charge >= 0.3 is 0 Å². The van der Waals surface area contributed by atoms with Crippen molar-refractivity contribution in [1.29, 1.82) is 5.26 Å². The molecule has 3 nitrogen and oxygen atoms in total. The van der Waals surface area contributed by atoms with Crippen LogP contribution in [0.4, 0.5) is 0 Å². The number of nitriles is 1. The van der Waals surface area contributed by atoms with E-state index in [9.17, 15) is 4.79 Å². The number of carbonyl (C=O) groups excluding carboxylic acids is 1. The van der Waals surface area contributed by atoms with Crippen LogP contribution in [-0.4, -0.2) is 24.4 Å². The average Bonchev–Trinajstić information content (AvgIpc) is 2.18. The standard InChI is InChI=1S/C11H11ClN2O/c1-14(6-5-13)11(15)8-9-3-2-4-10(12)7-9/h2-4,7H,6,8H2,1H3. The molecule has 4 heteroatoms. The predicted molar refractivity (Wildman–Crippen MR) is 58.4 cm³/mol. The molecule has 0 heterocycles. The van der Waals surface area contributed by atoms with Crippen molar-refractivity contribution >= 4 is 17.5 Å². The summed E-state index contributed by atoms with van der Waals surface area (Å²) in [7, 11) is 1.61. The molecular formula is C11H11ClN2O. The summed E-state index contributed by atoms with van der Waals surface area (Å²) < 4.78 is 0. The molecule has 0 saturated heterocycles. The van der Waals surface area contributed by atoms with Crippen LogP contribution in [0.2, 0.25) is 5.02 Å². The second-order valence-corrected chi connectivity index (χ2v) is 3.65. The number of hydrogen-bond acceptors (Lipinski definition) is 2. The third-order valence-electron chi connectivity index (χ3n) is 1.98. The van der Waals surface area contributed by atoms with Crippen LogP contribution in [0.15, 0.2) is 24.3 Å². The van der Waals surface area contributed by atoms with Crippen LogP contribution in [0.5, 0.6) is 0 Å². The van der Waals surface area contributed by atoms with Gasteiger partial charge < -0.3 is 4.90 Å². The van der Waals surface area contributed by atoms with Crippen molar-refractivity contribution < 1.29 is 4.79 Å². The first-order valence-corrected chi connectivity index (χ1v) is 4.86. The zero-order chi connectivity index (χ0) is 11.3. The fourth-order valence-corrected chi connectivity index (χ4v) is 1.36. The maximum Gasteiger partial charge on any atom is 0.227 e. The van der Waals surface area contributed by atoms with E-state index in [2.05, 4.69) is 0 Å². The zero-order valence-electron chi connectivity index (χ0n) is 8.40. The molecule has 0 bridgehead atoms. The van der Waals surface area contributed by atoms with Gasteiger partial charge in [-0.25, -0.2) is 0 Å². The molecule has 0 aliphatic rings. The first-order chi connectivity index (χ1) is 7.13. The quantitative estimate of drug-likeness (QED) is 0.733. The summed E-state index contributed by atoms with van der Waals surface area (Å²) in [6.07, 6.45) is 0.277. The lowest BCUT2D eigenvalue weighted by molar-refractivity contribution is -0.128. The minimum atomic E-state index is -0.0844. The lowest BCUT2D eigenvalue weighted by atomic mass is 10.1. The predicted octanol–water partition coefficient (Wildman–Crippen LogP) is 1.86. The van der Waals surface area contributed by atoms with E-state index in [4.69, 9.17) is 16.9 Å². The van der Waals surface area contributed by atoms with E-state index in [1.54, 1.807) is 25.2 Å². The molecule has 1 rings (SSSR count). The van der Waals surface area contributed by atoms with Gasteiger partial charge in [-0.15, -0.1) is 0 Å². The van der Waals surface area contributed by atoms with Crippen molar-refractivity contribution in [3.8, 4) is 6.07 Å². The van der Waals surface area contributed by atoms with Gasteiger partial charge in [0.15, 0.2) is 0 Å². The highest BCUT2D eigenvalue weighted by atomic mass is 35.5. The Bertz CT molecular complexity index is 398. The van der Waals surface area contributed by atoms with E-state index in [0.717, 1.165) is 5.56 Å². The maximum absolute atomic E-state index is 11.5. The molecule has 15 heavy (non-hydrogen) atoms. The van der Waals surface area contributed by atoms with Crippen molar-refractivity contribution in [2.24, 2.45) is 0 Å². The summed E-state index contributed by atoms with van der Waals surface area (Å²) in [6.45, 7) is 0.111. The Hall–Kier alpha value is -1.53. The average molecular weight is 223 g/mol. The molecule has 0 spiro atoms. The van der Waals surface area contributed by atoms with Crippen LogP contribution in [-0.2, 0) is 11.2 Å². The van der Waals surface area contributed by atoms with E-state index in [1.807, 2.05) is 12.1 Å². The molecular weight excluding hydrogens is 212 g/mol. The molecule has 1 amide bonds. The zero-order valence-corrected chi connectivity index (χ0v) is 9.16. The maximum atomic E-state index is 11.5. The summed E-state index contributed by atoms with van der Waals surface area (Å²) in [5, 5.41) is 9.04. The molecule has 1 aromatic carbocycles. The molecule has 0 aliphatic carbocycles. The van der Waals surface area contributed by atoms with Gasteiger partial charge in [-0.3, -0.25) is 4.79 Å². The van der Waals surface area contributed by atoms with Gasteiger partial charge in [0.25, 0.3) is 0 Å². The SMILES string of the molecule is CN(CC#N)C(=O)Cc1cccc(Cl)c1. The Morgan fingerprint density at radius 1 is 1.60 bits per heavy atom. The van der Waals surface area contributed by atoms with Gasteiger partial charge in [0.2, 0.25) is 5.91 Å². The van der Waals surface area contributed by atoms with Gasteiger partial charge in [0.05, 0.1) is 12.5 Å². The van der Waals surface area contributed by atoms with Crippen LogP contribution in [0.25, 0.3) is 0 Å². The molecule has 0 radical (unpaired) electrons. The lowest BCUT2D eigenvalue weighted by Crippen LogP contribution is -2.28. The number of nitrogens with zero attached hydrogens (tertiary/aromatic N) is 2. The number of carbonyl (C=O) groups is 1. The summed E-state index contributed by atoms with van der Waals surface area (Å²) in [5.74, 6) is -0.0844. The molecule has 0 N–H and O–H groups in total. The number of rotatable bonds is 3. The molecule has 0 atom stereocenters. The van der Waals surface area contributed by atoms with Crippen LogP contribution >= 0.6 is 11.6 Å². The van der Waals surface area contributed by atoms with E-state index >= 15 is 0 Å². The van der Waals surface area contributed by atoms with E-state index in [1.165, 1.54) is 4.90 Å². The molecule has 78 valence electrons. The fraction of sp³-hybridized carbons (Fsp3) is 0.273. The Labute approximate surface area is 93.9 Å². The number of halogens is 1. The fourth-order valence-electron chi connectivity index (χ4n) is 1.15. The topological polar surface area (TPSA) is 44.1 Å².